The maximum atomic E-state index is 9.92. The van der Waals surface area contributed by atoms with Gasteiger partial charge in [-0.2, -0.15) is 0 Å². The first kappa shape index (κ1) is 13.4. The maximum absolute atomic E-state index is 9.92. The highest BCUT2D eigenvalue weighted by molar-refractivity contribution is 5.88. The molecule has 0 bridgehead atoms. The molecule has 106 valence electrons. The Kier molecular flexibility index (Phi) is 3.46. The lowest BCUT2D eigenvalue weighted by molar-refractivity contribution is 0.480. The van der Waals surface area contributed by atoms with E-state index in [1.165, 1.54) is 0 Å². The predicted octanol–water partition coefficient (Wildman–Crippen LogP) is 3.45. The molecule has 1 aromatic heterocycles. The second kappa shape index (κ2) is 5.42. The van der Waals surface area contributed by atoms with E-state index in [1.807, 2.05) is 49.4 Å². The summed E-state index contributed by atoms with van der Waals surface area (Å²) in [7, 11) is 0. The summed E-state index contributed by atoms with van der Waals surface area (Å²) in [6.07, 6.45) is 0. The predicted molar refractivity (Wildman–Crippen MR) is 85.8 cm³/mol. The van der Waals surface area contributed by atoms with Gasteiger partial charge in [-0.3, -0.25) is 4.98 Å². The normalized spacial score (nSPS) is 10.8. The van der Waals surface area contributed by atoms with Crippen LogP contribution in [0.15, 0.2) is 48.5 Å². The van der Waals surface area contributed by atoms with Gasteiger partial charge in [0.2, 0.25) is 0 Å². The first-order chi connectivity index (χ1) is 10.2. The first-order valence-electron chi connectivity index (χ1n) is 6.82. The molecule has 0 fully saturated rings. The smallest absolute Gasteiger partial charge is 0.126 e. The van der Waals surface area contributed by atoms with Crippen molar-refractivity contribution in [1.29, 1.82) is 0 Å². The molecule has 21 heavy (non-hydrogen) atoms. The molecule has 4 N–H and O–H groups in total. The largest absolute Gasteiger partial charge is 0.507 e. The average molecular weight is 279 g/mol. The molecule has 3 rings (SSSR count). The Morgan fingerprint density at radius 3 is 2.48 bits per heavy atom. The molecule has 4 nitrogen and oxygen atoms in total. The van der Waals surface area contributed by atoms with E-state index in [0.29, 0.717) is 6.54 Å². The third-order valence-electron chi connectivity index (χ3n) is 3.39. The van der Waals surface area contributed by atoms with E-state index in [0.717, 1.165) is 33.5 Å². The molecule has 1 heterocycles. The number of nitrogens with two attached hydrogens (primary N) is 1. The fourth-order valence-electron chi connectivity index (χ4n) is 2.31. The van der Waals surface area contributed by atoms with Crippen molar-refractivity contribution in [3.8, 4) is 5.75 Å². The molecular formula is C17H17N3O. The molecule has 3 aromatic rings. The number of aromatic nitrogens is 1. The van der Waals surface area contributed by atoms with Crippen LogP contribution in [0.3, 0.4) is 0 Å². The summed E-state index contributed by atoms with van der Waals surface area (Å²) >= 11 is 0. The van der Waals surface area contributed by atoms with Crippen molar-refractivity contribution in [3.63, 3.8) is 0 Å². The van der Waals surface area contributed by atoms with Gasteiger partial charge in [0.05, 0.1) is 5.52 Å². The number of hydrogen-bond donors (Lipinski definition) is 3. The third-order valence-corrected chi connectivity index (χ3v) is 3.39. The van der Waals surface area contributed by atoms with Crippen LogP contribution in [0.25, 0.3) is 10.9 Å². The summed E-state index contributed by atoms with van der Waals surface area (Å²) in [4.78, 5) is 4.45. The van der Waals surface area contributed by atoms with Crippen LogP contribution in [0.2, 0.25) is 0 Å². The summed E-state index contributed by atoms with van der Waals surface area (Å²) in [5.41, 5.74) is 10.2. The van der Waals surface area contributed by atoms with E-state index in [9.17, 15) is 5.11 Å². The average Bonchev–Trinajstić information content (AvgIpc) is 2.47. The Bertz CT molecular complexity index is 782. The number of pyridine rings is 1. The van der Waals surface area contributed by atoms with Crippen LogP contribution in [0.5, 0.6) is 5.75 Å². The van der Waals surface area contributed by atoms with Crippen molar-refractivity contribution in [2.45, 2.75) is 13.5 Å². The second-order valence-corrected chi connectivity index (χ2v) is 5.04. The molecule has 0 aliphatic carbocycles. The fraction of sp³-hybridized carbons (Fsp3) is 0.118. The van der Waals surface area contributed by atoms with Gasteiger partial charge in [-0.05, 0) is 42.8 Å². The van der Waals surface area contributed by atoms with E-state index in [-0.39, 0.29) is 5.75 Å². The molecule has 0 aliphatic heterocycles. The zero-order valence-electron chi connectivity index (χ0n) is 11.8. The summed E-state index contributed by atoms with van der Waals surface area (Å²) in [6.45, 7) is 2.41. The van der Waals surface area contributed by atoms with Gasteiger partial charge in [-0.25, -0.2) is 0 Å². The molecular weight excluding hydrogens is 262 g/mol. The molecule has 0 saturated carbocycles. The SMILES string of the molecule is Cc1cc(O)c2ccc(Nc3ccc(CN)cc3)cc2n1. The molecule has 0 amide bonds. The van der Waals surface area contributed by atoms with Gasteiger partial charge in [-0.15, -0.1) is 0 Å². The van der Waals surface area contributed by atoms with E-state index >= 15 is 0 Å². The highest BCUT2D eigenvalue weighted by Crippen LogP contribution is 2.27. The summed E-state index contributed by atoms with van der Waals surface area (Å²) < 4.78 is 0. The Hall–Kier alpha value is -2.59. The number of aryl methyl sites for hydroxylation is 1. The van der Waals surface area contributed by atoms with Crippen molar-refractivity contribution >= 4 is 22.3 Å². The van der Waals surface area contributed by atoms with Gasteiger partial charge in [0, 0.05) is 35.1 Å². The quantitative estimate of drug-likeness (QED) is 0.686. The Morgan fingerprint density at radius 2 is 1.76 bits per heavy atom. The van der Waals surface area contributed by atoms with Crippen molar-refractivity contribution < 1.29 is 5.11 Å². The highest BCUT2D eigenvalue weighted by atomic mass is 16.3. The van der Waals surface area contributed by atoms with Gasteiger partial charge in [0.15, 0.2) is 0 Å². The monoisotopic (exact) mass is 279 g/mol. The molecule has 0 unspecified atom stereocenters. The molecule has 0 saturated heterocycles. The lowest BCUT2D eigenvalue weighted by Crippen LogP contribution is -1.96. The van der Waals surface area contributed by atoms with Gasteiger partial charge in [-0.1, -0.05) is 12.1 Å². The molecule has 0 radical (unpaired) electrons. The lowest BCUT2D eigenvalue weighted by atomic mass is 10.1. The third kappa shape index (κ3) is 2.80. The van der Waals surface area contributed by atoms with Crippen molar-refractivity contribution in [1.82, 2.24) is 4.98 Å². The minimum Gasteiger partial charge on any atom is -0.507 e. The second-order valence-electron chi connectivity index (χ2n) is 5.04. The molecule has 0 spiro atoms. The summed E-state index contributed by atoms with van der Waals surface area (Å²) in [6, 6.07) is 15.4. The lowest BCUT2D eigenvalue weighted by Gasteiger charge is -2.09. The number of fused-ring (bicyclic) bond motifs is 1. The van der Waals surface area contributed by atoms with Gasteiger partial charge in [0.25, 0.3) is 0 Å². The molecule has 0 atom stereocenters. The van der Waals surface area contributed by atoms with Crippen molar-refractivity contribution in [3.05, 3.63) is 59.8 Å². The van der Waals surface area contributed by atoms with Crippen LogP contribution in [0.1, 0.15) is 11.3 Å². The van der Waals surface area contributed by atoms with Crippen LogP contribution < -0.4 is 11.1 Å². The molecule has 4 heteroatoms. The van der Waals surface area contributed by atoms with Crippen LogP contribution in [0, 0.1) is 6.92 Å². The number of nitrogens with one attached hydrogen (secondary N) is 1. The number of anilines is 2. The van der Waals surface area contributed by atoms with E-state index < -0.39 is 0 Å². The van der Waals surface area contributed by atoms with Crippen LogP contribution in [0.4, 0.5) is 11.4 Å². The zero-order valence-corrected chi connectivity index (χ0v) is 11.8. The fourth-order valence-corrected chi connectivity index (χ4v) is 2.31. The van der Waals surface area contributed by atoms with Crippen molar-refractivity contribution in [2.75, 3.05) is 5.32 Å². The highest BCUT2D eigenvalue weighted by Gasteiger charge is 2.04. The number of hydrogen-bond acceptors (Lipinski definition) is 4. The number of rotatable bonds is 3. The van der Waals surface area contributed by atoms with E-state index in [1.54, 1.807) is 6.07 Å². The maximum Gasteiger partial charge on any atom is 0.126 e. The van der Waals surface area contributed by atoms with E-state index in [2.05, 4.69) is 10.3 Å². The first-order valence-corrected chi connectivity index (χ1v) is 6.82. The number of nitrogens with zero attached hydrogens (tertiary/aromatic N) is 1. The Labute approximate surface area is 123 Å². The number of aromatic hydroxyl groups is 1. The summed E-state index contributed by atoms with van der Waals surface area (Å²) in [5.74, 6) is 0.261. The zero-order chi connectivity index (χ0) is 14.8. The van der Waals surface area contributed by atoms with Crippen LogP contribution in [-0.4, -0.2) is 10.1 Å². The number of benzene rings is 2. The Morgan fingerprint density at radius 1 is 1.05 bits per heavy atom. The summed E-state index contributed by atoms with van der Waals surface area (Å²) in [5, 5.41) is 14.0. The van der Waals surface area contributed by atoms with Gasteiger partial charge >= 0.3 is 0 Å². The standard InChI is InChI=1S/C17H17N3O/c1-11-8-17(21)15-7-6-14(9-16(15)19-11)20-13-4-2-12(10-18)3-5-13/h2-9,20H,10,18H2,1H3,(H,19,21). The van der Waals surface area contributed by atoms with Crippen LogP contribution >= 0.6 is 0 Å². The van der Waals surface area contributed by atoms with Crippen LogP contribution in [-0.2, 0) is 6.54 Å². The Balaban J connectivity index is 1.93. The molecule has 2 aromatic carbocycles. The molecule has 0 aliphatic rings. The van der Waals surface area contributed by atoms with E-state index in [4.69, 9.17) is 5.73 Å². The topological polar surface area (TPSA) is 71.2 Å². The minimum atomic E-state index is 0.261. The minimum absolute atomic E-state index is 0.261. The van der Waals surface area contributed by atoms with Gasteiger partial charge in [0.1, 0.15) is 5.75 Å². The van der Waals surface area contributed by atoms with Crippen molar-refractivity contribution in [2.24, 2.45) is 5.73 Å². The van der Waals surface area contributed by atoms with Gasteiger partial charge < -0.3 is 16.2 Å².